The Balaban J connectivity index is 1.54. The number of rotatable bonds is 10. The quantitative estimate of drug-likeness (QED) is 0.159. The van der Waals surface area contributed by atoms with Gasteiger partial charge in [-0.15, -0.1) is 0 Å². The molecule has 2 amide bonds. The number of anilines is 1. The molecule has 224 valence electrons. The van der Waals surface area contributed by atoms with Crippen molar-refractivity contribution in [1.82, 2.24) is 20.1 Å². The summed E-state index contributed by atoms with van der Waals surface area (Å²) < 4.78 is 7.35. The molecule has 2 N–H and O–H groups in total. The first-order valence-electron chi connectivity index (χ1n) is 14.9. The molecule has 4 aromatic carbocycles. The minimum absolute atomic E-state index is 0.181. The maximum atomic E-state index is 13.1. The number of aromatic nitrogens is 3. The summed E-state index contributed by atoms with van der Waals surface area (Å²) >= 11 is 0. The molecule has 0 aliphatic rings. The van der Waals surface area contributed by atoms with Crippen LogP contribution in [-0.4, -0.2) is 34.5 Å². The first-order chi connectivity index (χ1) is 22.1. The van der Waals surface area contributed by atoms with Crippen molar-refractivity contribution in [2.45, 2.75) is 18.5 Å². The number of benzene rings is 4. The lowest BCUT2D eigenvalue weighted by atomic mass is 9.77. The Labute approximate surface area is 263 Å². The summed E-state index contributed by atoms with van der Waals surface area (Å²) in [7, 11) is 1.66. The number of nitrogens with zero attached hydrogens (tertiary/aromatic N) is 3. The fraction of sp³-hybridized carbons (Fsp3) is 0.132. The van der Waals surface area contributed by atoms with Crippen LogP contribution in [0.25, 0.3) is 17.0 Å². The second-order valence-electron chi connectivity index (χ2n) is 10.8. The summed E-state index contributed by atoms with van der Waals surface area (Å²) in [5.74, 6) is 0.414. The van der Waals surface area contributed by atoms with Crippen LogP contribution in [0.15, 0.2) is 140 Å². The van der Waals surface area contributed by atoms with E-state index < -0.39 is 5.54 Å². The topological polar surface area (TPSA) is 81.1 Å². The largest absolute Gasteiger partial charge is 0.381 e. The molecule has 7 heteroatoms. The third-order valence-electron chi connectivity index (χ3n) is 7.91. The fourth-order valence-electron chi connectivity index (χ4n) is 5.81. The van der Waals surface area contributed by atoms with E-state index in [0.29, 0.717) is 12.4 Å². The monoisotopic (exact) mass is 593 g/mol. The molecule has 45 heavy (non-hydrogen) atoms. The van der Waals surface area contributed by atoms with Gasteiger partial charge in [0, 0.05) is 24.8 Å². The smallest absolute Gasteiger partial charge is 0.320 e. The number of ether oxygens (including phenoxy) is 1. The Morgan fingerprint density at radius 2 is 1.38 bits per heavy atom. The summed E-state index contributed by atoms with van der Waals surface area (Å²) in [5, 5.41) is 12.1. The third-order valence-corrected chi connectivity index (χ3v) is 7.91. The molecule has 0 saturated carbocycles. The van der Waals surface area contributed by atoms with Crippen molar-refractivity contribution in [2.24, 2.45) is 0 Å². The van der Waals surface area contributed by atoms with Gasteiger partial charge in [0.25, 0.3) is 0 Å². The van der Waals surface area contributed by atoms with E-state index in [9.17, 15) is 4.79 Å². The Kier molecular flexibility index (Phi) is 8.80. The van der Waals surface area contributed by atoms with Crippen molar-refractivity contribution in [3.05, 3.63) is 168 Å². The minimum atomic E-state index is -0.849. The Bertz CT molecular complexity index is 1790. The van der Waals surface area contributed by atoms with E-state index >= 15 is 0 Å². The number of hydrogen-bond donors (Lipinski definition) is 2. The van der Waals surface area contributed by atoms with E-state index in [1.54, 1.807) is 13.3 Å². The zero-order valence-corrected chi connectivity index (χ0v) is 25.3. The third kappa shape index (κ3) is 5.98. The van der Waals surface area contributed by atoms with Crippen molar-refractivity contribution >= 4 is 28.8 Å². The highest BCUT2D eigenvalue weighted by Gasteiger charge is 2.40. The molecular formula is C38H35N5O2. The van der Waals surface area contributed by atoms with E-state index in [4.69, 9.17) is 9.84 Å². The molecule has 0 aliphatic heterocycles. The number of carbonyl (C=O) groups is 1. The molecule has 0 aliphatic carbocycles. The van der Waals surface area contributed by atoms with Crippen LogP contribution in [0.5, 0.6) is 0 Å². The van der Waals surface area contributed by atoms with Crippen LogP contribution in [-0.2, 0) is 10.3 Å². The van der Waals surface area contributed by atoms with Gasteiger partial charge in [0.2, 0.25) is 0 Å². The van der Waals surface area contributed by atoms with Crippen LogP contribution in [0.4, 0.5) is 10.6 Å². The molecule has 0 radical (unpaired) electrons. The summed E-state index contributed by atoms with van der Waals surface area (Å²) in [4.78, 5) is 17.8. The van der Waals surface area contributed by atoms with E-state index in [1.165, 1.54) is 0 Å². The number of methoxy groups -OCH3 is 1. The van der Waals surface area contributed by atoms with Crippen LogP contribution in [0, 0.1) is 0 Å². The molecule has 7 nitrogen and oxygen atoms in total. The number of hydrogen-bond acceptors (Lipinski definition) is 4. The Hall–Kier alpha value is -5.53. The summed E-state index contributed by atoms with van der Waals surface area (Å²) in [5.41, 5.74) is 4.85. The lowest BCUT2D eigenvalue weighted by Gasteiger charge is -2.37. The van der Waals surface area contributed by atoms with Gasteiger partial charge in [-0.3, -0.25) is 5.32 Å². The zero-order valence-electron chi connectivity index (χ0n) is 25.3. The van der Waals surface area contributed by atoms with Crippen LogP contribution in [0.1, 0.15) is 40.9 Å². The number of pyridine rings is 1. The fourth-order valence-corrected chi connectivity index (χ4v) is 5.81. The molecule has 6 aromatic rings. The van der Waals surface area contributed by atoms with Gasteiger partial charge in [-0.05, 0) is 35.3 Å². The summed E-state index contributed by atoms with van der Waals surface area (Å²) in [6.45, 7) is 2.40. The van der Waals surface area contributed by atoms with Gasteiger partial charge in [-0.2, -0.15) is 5.10 Å². The van der Waals surface area contributed by atoms with Gasteiger partial charge >= 0.3 is 6.03 Å². The van der Waals surface area contributed by atoms with Crippen LogP contribution in [0.2, 0.25) is 0 Å². The molecule has 0 saturated heterocycles. The Morgan fingerprint density at radius 1 is 0.844 bits per heavy atom. The molecule has 1 atom stereocenters. The van der Waals surface area contributed by atoms with Crippen LogP contribution < -0.4 is 10.6 Å². The number of urea groups is 1. The standard InChI is InChI=1S/C38H35N5O2/c1-28(29-16-7-3-8-17-29)40-37(44)41-36-26-35-33(27-39-36)34(24-15-25-45-2)42-43(35)38(30-18-9-4-10-19-30,31-20-11-5-12-21-31)32-22-13-6-14-23-32/h3-24,26-28H,25H2,1-2H3,(H2,39,40,41,44)/t28-/m1/s1. The van der Waals surface area contributed by atoms with Crippen molar-refractivity contribution in [1.29, 1.82) is 0 Å². The summed E-state index contributed by atoms with van der Waals surface area (Å²) in [6, 6.07) is 42.4. The predicted octanol–water partition coefficient (Wildman–Crippen LogP) is 7.81. The SMILES string of the molecule is COCC=Cc1nn(C(c2ccccc2)(c2ccccc2)c2ccccc2)c2cc(NC(=O)N[C@H](C)c3ccccc3)ncc12. The predicted molar refractivity (Wildman–Crippen MR) is 180 cm³/mol. The minimum Gasteiger partial charge on any atom is -0.381 e. The van der Waals surface area contributed by atoms with Crippen LogP contribution in [0.3, 0.4) is 0 Å². The summed E-state index contributed by atoms with van der Waals surface area (Å²) in [6.07, 6.45) is 5.66. The lowest BCUT2D eigenvalue weighted by Crippen LogP contribution is -2.38. The number of nitrogens with one attached hydrogen (secondary N) is 2. The van der Waals surface area contributed by atoms with Crippen molar-refractivity contribution in [3.8, 4) is 0 Å². The first kappa shape index (κ1) is 29.5. The average Bonchev–Trinajstić information content (AvgIpc) is 3.45. The highest BCUT2D eigenvalue weighted by atomic mass is 16.5. The molecule has 2 aromatic heterocycles. The van der Waals surface area contributed by atoms with Gasteiger partial charge in [-0.1, -0.05) is 127 Å². The van der Waals surface area contributed by atoms with Gasteiger partial charge in [0.05, 0.1) is 23.9 Å². The van der Waals surface area contributed by atoms with E-state index in [2.05, 4.69) is 56.7 Å². The van der Waals surface area contributed by atoms with Crippen molar-refractivity contribution in [2.75, 3.05) is 19.0 Å². The van der Waals surface area contributed by atoms with Gasteiger partial charge in [-0.25, -0.2) is 14.5 Å². The van der Waals surface area contributed by atoms with Gasteiger partial charge in [0.1, 0.15) is 11.4 Å². The molecule has 0 fully saturated rings. The average molecular weight is 594 g/mol. The maximum Gasteiger partial charge on any atom is 0.320 e. The number of carbonyl (C=O) groups excluding carboxylic acids is 1. The highest BCUT2D eigenvalue weighted by Crippen LogP contribution is 2.43. The number of amides is 2. The molecule has 0 spiro atoms. The highest BCUT2D eigenvalue weighted by molar-refractivity contribution is 5.93. The molecule has 0 unspecified atom stereocenters. The second-order valence-corrected chi connectivity index (χ2v) is 10.8. The lowest BCUT2D eigenvalue weighted by molar-refractivity contribution is 0.234. The second kappa shape index (κ2) is 13.4. The van der Waals surface area contributed by atoms with Crippen molar-refractivity contribution < 1.29 is 9.53 Å². The number of fused-ring (bicyclic) bond motifs is 1. The maximum absolute atomic E-state index is 13.1. The van der Waals surface area contributed by atoms with E-state index in [0.717, 1.165) is 38.9 Å². The molecule has 6 rings (SSSR count). The molecular weight excluding hydrogens is 558 g/mol. The van der Waals surface area contributed by atoms with E-state index in [1.807, 2.05) is 110 Å². The molecule has 2 heterocycles. The Morgan fingerprint density at radius 3 is 1.91 bits per heavy atom. The first-order valence-corrected chi connectivity index (χ1v) is 14.9. The molecule has 0 bridgehead atoms. The normalized spacial score (nSPS) is 12.3. The van der Waals surface area contributed by atoms with Gasteiger partial charge in [0.15, 0.2) is 0 Å². The zero-order chi connectivity index (χ0) is 31.1. The van der Waals surface area contributed by atoms with Crippen molar-refractivity contribution in [3.63, 3.8) is 0 Å². The van der Waals surface area contributed by atoms with Crippen LogP contribution >= 0.6 is 0 Å². The van der Waals surface area contributed by atoms with E-state index in [-0.39, 0.29) is 12.1 Å². The van der Waals surface area contributed by atoms with Gasteiger partial charge < -0.3 is 10.1 Å².